The molecule has 0 bridgehead atoms. The number of aromatic nitrogens is 3. The summed E-state index contributed by atoms with van der Waals surface area (Å²) < 4.78 is 10.7. The van der Waals surface area contributed by atoms with Gasteiger partial charge in [0.2, 0.25) is 5.95 Å². The van der Waals surface area contributed by atoms with E-state index in [1.54, 1.807) is 26.6 Å². The molecule has 0 aliphatic carbocycles. The van der Waals surface area contributed by atoms with E-state index in [9.17, 15) is 5.11 Å². The Bertz CT molecular complexity index is 966. The lowest BCUT2D eigenvalue weighted by Gasteiger charge is -2.20. The molecule has 3 N–H and O–H groups in total. The van der Waals surface area contributed by atoms with E-state index in [4.69, 9.17) is 9.47 Å². The Labute approximate surface area is 176 Å². The molecule has 2 aromatic heterocycles. The molecule has 0 aliphatic heterocycles. The monoisotopic (exact) mass is 409 g/mol. The van der Waals surface area contributed by atoms with Crippen LogP contribution in [0.15, 0.2) is 48.8 Å². The number of methoxy groups -OCH3 is 2. The number of aliphatic hydroxyl groups is 1. The highest BCUT2D eigenvalue weighted by Crippen LogP contribution is 2.31. The van der Waals surface area contributed by atoms with Gasteiger partial charge in [0.05, 0.1) is 32.6 Å². The van der Waals surface area contributed by atoms with Gasteiger partial charge >= 0.3 is 0 Å². The number of nitrogens with one attached hydrogen (secondary N) is 2. The van der Waals surface area contributed by atoms with Crippen LogP contribution in [0, 0.1) is 5.92 Å². The lowest BCUT2D eigenvalue weighted by Crippen LogP contribution is -2.30. The maximum Gasteiger partial charge on any atom is 0.225 e. The van der Waals surface area contributed by atoms with Crippen LogP contribution in [0.3, 0.4) is 0 Å². The lowest BCUT2D eigenvalue weighted by atomic mass is 10.1. The summed E-state index contributed by atoms with van der Waals surface area (Å²) in [5.41, 5.74) is 2.37. The van der Waals surface area contributed by atoms with Gasteiger partial charge in [0.25, 0.3) is 0 Å². The number of aliphatic hydroxyl groups excluding tert-OH is 1. The summed E-state index contributed by atoms with van der Waals surface area (Å²) in [7, 11) is 3.19. The molecular weight excluding hydrogens is 382 g/mol. The third-order valence-electron chi connectivity index (χ3n) is 4.66. The quantitative estimate of drug-likeness (QED) is 0.491. The molecule has 158 valence electrons. The molecule has 3 aromatic rings. The fourth-order valence-electron chi connectivity index (χ4n) is 2.89. The standard InChI is InChI=1S/C22H27N5O3/c1-14(2)18(13-28)26-22-25-17(15-6-5-9-23-12-15)11-21(27-22)24-16-7-8-19(29-3)20(10-16)30-4/h5-12,14,18,28H,13H2,1-4H3,(H2,24,25,26,27)/t18-/m0/s1. The zero-order valence-corrected chi connectivity index (χ0v) is 17.6. The highest BCUT2D eigenvalue weighted by Gasteiger charge is 2.15. The first-order chi connectivity index (χ1) is 14.5. The van der Waals surface area contributed by atoms with Crippen LogP contribution < -0.4 is 20.1 Å². The lowest BCUT2D eigenvalue weighted by molar-refractivity contribution is 0.248. The molecule has 1 atom stereocenters. The van der Waals surface area contributed by atoms with Crippen molar-refractivity contribution in [1.29, 1.82) is 0 Å². The summed E-state index contributed by atoms with van der Waals surface area (Å²) in [5.74, 6) is 2.49. The smallest absolute Gasteiger partial charge is 0.225 e. The Balaban J connectivity index is 1.97. The first-order valence-corrected chi connectivity index (χ1v) is 9.70. The van der Waals surface area contributed by atoms with E-state index >= 15 is 0 Å². The predicted octanol–water partition coefficient (Wildman–Crippen LogP) is 3.73. The maximum absolute atomic E-state index is 9.69. The minimum absolute atomic E-state index is 0.0173. The summed E-state index contributed by atoms with van der Waals surface area (Å²) in [4.78, 5) is 13.4. The third-order valence-corrected chi connectivity index (χ3v) is 4.66. The van der Waals surface area contributed by atoms with Crippen LogP contribution in [0.1, 0.15) is 13.8 Å². The second kappa shape index (κ2) is 9.89. The van der Waals surface area contributed by atoms with Gasteiger partial charge in [-0.3, -0.25) is 4.98 Å². The van der Waals surface area contributed by atoms with Crippen LogP contribution in [-0.4, -0.2) is 46.9 Å². The minimum Gasteiger partial charge on any atom is -0.493 e. The van der Waals surface area contributed by atoms with E-state index < -0.39 is 0 Å². The normalized spacial score (nSPS) is 11.8. The van der Waals surface area contributed by atoms with Crippen LogP contribution in [-0.2, 0) is 0 Å². The first-order valence-electron chi connectivity index (χ1n) is 9.70. The van der Waals surface area contributed by atoms with Gasteiger partial charge in [-0.25, -0.2) is 4.98 Å². The molecule has 3 rings (SSSR count). The molecule has 0 spiro atoms. The van der Waals surface area contributed by atoms with E-state index in [2.05, 4.69) is 25.6 Å². The number of ether oxygens (including phenoxy) is 2. The summed E-state index contributed by atoms with van der Waals surface area (Å²) >= 11 is 0. The Morgan fingerprint density at radius 1 is 1.03 bits per heavy atom. The molecular formula is C22H27N5O3. The third kappa shape index (κ3) is 5.15. The molecule has 0 amide bonds. The Kier molecular flexibility index (Phi) is 7.03. The van der Waals surface area contributed by atoms with Crippen molar-refractivity contribution in [2.24, 2.45) is 5.92 Å². The number of rotatable bonds is 9. The van der Waals surface area contributed by atoms with Crippen LogP contribution in [0.25, 0.3) is 11.3 Å². The molecule has 30 heavy (non-hydrogen) atoms. The van der Waals surface area contributed by atoms with E-state index in [-0.39, 0.29) is 18.6 Å². The number of benzene rings is 1. The van der Waals surface area contributed by atoms with E-state index in [1.165, 1.54) is 0 Å². The Hall–Kier alpha value is -3.39. The van der Waals surface area contributed by atoms with Gasteiger partial charge in [0.1, 0.15) is 5.82 Å². The minimum atomic E-state index is -0.164. The molecule has 0 unspecified atom stereocenters. The molecule has 1 aromatic carbocycles. The van der Waals surface area contributed by atoms with Crippen molar-refractivity contribution < 1.29 is 14.6 Å². The van der Waals surface area contributed by atoms with E-state index in [1.807, 2.05) is 50.2 Å². The summed E-state index contributed by atoms with van der Waals surface area (Å²) in [6, 6.07) is 11.0. The second-order valence-corrected chi connectivity index (χ2v) is 7.08. The van der Waals surface area contributed by atoms with Crippen LogP contribution in [0.4, 0.5) is 17.5 Å². The topological polar surface area (TPSA) is 101 Å². The van der Waals surface area contributed by atoms with Gasteiger partial charge in [-0.15, -0.1) is 0 Å². The fourth-order valence-corrected chi connectivity index (χ4v) is 2.89. The molecule has 0 fully saturated rings. The molecule has 0 saturated carbocycles. The van der Waals surface area contributed by atoms with Crippen LogP contribution in [0.2, 0.25) is 0 Å². The molecule has 0 saturated heterocycles. The summed E-state index contributed by atoms with van der Waals surface area (Å²) in [6.07, 6.45) is 3.46. The molecule has 0 radical (unpaired) electrons. The predicted molar refractivity (Wildman–Crippen MR) is 117 cm³/mol. The summed E-state index contributed by atoms with van der Waals surface area (Å²) in [5, 5.41) is 16.2. The Morgan fingerprint density at radius 3 is 2.47 bits per heavy atom. The van der Waals surface area contributed by atoms with Crippen molar-refractivity contribution in [2.45, 2.75) is 19.9 Å². The van der Waals surface area contributed by atoms with Crippen molar-refractivity contribution in [3.63, 3.8) is 0 Å². The zero-order valence-electron chi connectivity index (χ0n) is 17.6. The average Bonchev–Trinajstić information content (AvgIpc) is 2.77. The van der Waals surface area contributed by atoms with Crippen molar-refractivity contribution in [2.75, 3.05) is 31.5 Å². The molecule has 0 aliphatic rings. The SMILES string of the molecule is COc1ccc(Nc2cc(-c3cccnc3)nc(N[C@@H](CO)C(C)C)n2)cc1OC. The number of hydrogen-bond donors (Lipinski definition) is 3. The van der Waals surface area contributed by atoms with Gasteiger partial charge in [-0.2, -0.15) is 4.98 Å². The highest BCUT2D eigenvalue weighted by molar-refractivity contribution is 5.68. The largest absolute Gasteiger partial charge is 0.493 e. The van der Waals surface area contributed by atoms with Gasteiger partial charge < -0.3 is 25.2 Å². The fraction of sp³-hybridized carbons (Fsp3) is 0.318. The second-order valence-electron chi connectivity index (χ2n) is 7.08. The molecule has 2 heterocycles. The molecule has 8 heteroatoms. The zero-order chi connectivity index (χ0) is 21.5. The Morgan fingerprint density at radius 2 is 1.83 bits per heavy atom. The van der Waals surface area contributed by atoms with Gasteiger partial charge in [0.15, 0.2) is 11.5 Å². The number of hydrogen-bond acceptors (Lipinski definition) is 8. The first kappa shape index (κ1) is 21.3. The van der Waals surface area contributed by atoms with Crippen LogP contribution in [0.5, 0.6) is 11.5 Å². The van der Waals surface area contributed by atoms with Gasteiger partial charge in [-0.05, 0) is 30.2 Å². The van der Waals surface area contributed by atoms with Crippen molar-refractivity contribution in [3.8, 4) is 22.8 Å². The van der Waals surface area contributed by atoms with Crippen molar-refractivity contribution in [1.82, 2.24) is 15.0 Å². The van der Waals surface area contributed by atoms with E-state index in [0.717, 1.165) is 11.3 Å². The highest BCUT2D eigenvalue weighted by atomic mass is 16.5. The maximum atomic E-state index is 9.69. The van der Waals surface area contributed by atoms with Gasteiger partial charge in [-0.1, -0.05) is 13.8 Å². The van der Waals surface area contributed by atoms with Crippen LogP contribution >= 0.6 is 0 Å². The average molecular weight is 409 g/mol. The number of anilines is 3. The number of pyridine rings is 1. The number of nitrogens with zero attached hydrogens (tertiary/aromatic N) is 3. The van der Waals surface area contributed by atoms with Crippen molar-refractivity contribution in [3.05, 3.63) is 48.8 Å². The van der Waals surface area contributed by atoms with E-state index in [0.29, 0.717) is 29.0 Å². The summed E-state index contributed by atoms with van der Waals surface area (Å²) in [6.45, 7) is 4.04. The van der Waals surface area contributed by atoms with Gasteiger partial charge in [0, 0.05) is 35.8 Å². The molecule has 8 nitrogen and oxygen atoms in total. The van der Waals surface area contributed by atoms with Crippen molar-refractivity contribution >= 4 is 17.5 Å².